The second kappa shape index (κ2) is 10.4. The molecule has 6 nitrogen and oxygen atoms in total. The maximum absolute atomic E-state index is 12.8. The summed E-state index contributed by atoms with van der Waals surface area (Å²) < 4.78 is 63.1. The number of nitrogens with zero attached hydrogens (tertiary/aromatic N) is 1. The number of halogens is 3. The van der Waals surface area contributed by atoms with Gasteiger partial charge in [-0.15, -0.1) is 0 Å². The lowest BCUT2D eigenvalue weighted by atomic mass is 10.1. The number of benzene rings is 2. The molecule has 1 saturated heterocycles. The number of ether oxygens (including phenoxy) is 1. The Hall–Kier alpha value is -3.11. The van der Waals surface area contributed by atoms with Crippen molar-refractivity contribution in [2.75, 3.05) is 6.54 Å². The van der Waals surface area contributed by atoms with Gasteiger partial charge in [-0.25, -0.2) is 8.51 Å². The first kappa shape index (κ1) is 24.0. The topological polar surface area (TPSA) is 71.8 Å². The second-order valence-corrected chi connectivity index (χ2v) is 9.29. The lowest BCUT2D eigenvalue weighted by Gasteiger charge is -2.21. The summed E-state index contributed by atoms with van der Waals surface area (Å²) in [4.78, 5) is 13.3. The first-order chi connectivity index (χ1) is 16.3. The molecule has 34 heavy (non-hydrogen) atoms. The highest BCUT2D eigenvalue weighted by atomic mass is 32.2. The second-order valence-electron chi connectivity index (χ2n) is 7.86. The van der Waals surface area contributed by atoms with Crippen molar-refractivity contribution in [3.8, 4) is 5.75 Å². The molecule has 1 aliphatic rings. The van der Waals surface area contributed by atoms with Gasteiger partial charge in [0.25, 0.3) is 0 Å². The van der Waals surface area contributed by atoms with Gasteiger partial charge < -0.3 is 14.5 Å². The summed E-state index contributed by atoms with van der Waals surface area (Å²) in [6.07, 6.45) is -0.118. The van der Waals surface area contributed by atoms with Crippen LogP contribution in [-0.4, -0.2) is 27.0 Å². The van der Waals surface area contributed by atoms with E-state index in [1.54, 1.807) is 28.6 Å². The zero-order valence-corrected chi connectivity index (χ0v) is 18.9. The first-order valence-corrected chi connectivity index (χ1v) is 11.8. The Morgan fingerprint density at radius 3 is 2.65 bits per heavy atom. The Morgan fingerprint density at radius 2 is 1.94 bits per heavy atom. The smallest absolute Gasteiger partial charge is 0.416 e. The molecule has 0 saturated carbocycles. The molecule has 1 unspecified atom stereocenters. The highest BCUT2D eigenvalue weighted by Gasteiger charge is 2.35. The first-order valence-electron chi connectivity index (χ1n) is 10.7. The van der Waals surface area contributed by atoms with Gasteiger partial charge in [-0.05, 0) is 54.3 Å². The summed E-state index contributed by atoms with van der Waals surface area (Å²) in [6.45, 7) is 0.937. The van der Waals surface area contributed by atoms with Gasteiger partial charge in [0.05, 0.1) is 16.7 Å². The number of hydrogen-bond acceptors (Lipinski definition) is 4. The Labute approximate surface area is 197 Å². The average molecular weight is 493 g/mol. The molecule has 3 aromatic rings. The zero-order chi connectivity index (χ0) is 24.1. The van der Waals surface area contributed by atoms with Crippen LogP contribution in [0, 0.1) is 0 Å². The molecule has 2 heterocycles. The van der Waals surface area contributed by atoms with E-state index in [1.807, 2.05) is 6.07 Å². The lowest BCUT2D eigenvalue weighted by Crippen LogP contribution is -2.43. The number of furan rings is 1. The van der Waals surface area contributed by atoms with Gasteiger partial charge in [-0.1, -0.05) is 24.3 Å². The van der Waals surface area contributed by atoms with Gasteiger partial charge >= 0.3 is 6.18 Å². The van der Waals surface area contributed by atoms with Crippen molar-refractivity contribution < 1.29 is 31.3 Å². The van der Waals surface area contributed by atoms with Gasteiger partial charge in [-0.2, -0.15) is 13.2 Å². The van der Waals surface area contributed by atoms with Crippen LogP contribution in [0.3, 0.4) is 0 Å². The molecule has 1 amide bonds. The van der Waals surface area contributed by atoms with Crippen LogP contribution >= 0.6 is 0 Å². The van der Waals surface area contributed by atoms with Crippen molar-refractivity contribution in [2.24, 2.45) is 0 Å². The quantitative estimate of drug-likeness (QED) is 0.496. The summed E-state index contributed by atoms with van der Waals surface area (Å²) in [6, 6.07) is 13.1. The molecule has 0 bridgehead atoms. The normalized spacial score (nSPS) is 17.4. The molecule has 1 N–H and O–H groups in total. The minimum Gasteiger partial charge on any atom is -0.489 e. The fraction of sp³-hybridized carbons (Fsp3) is 0.292. The van der Waals surface area contributed by atoms with E-state index in [9.17, 15) is 22.2 Å². The summed E-state index contributed by atoms with van der Waals surface area (Å²) in [5.41, 5.74) is 0.709. The monoisotopic (exact) mass is 492 g/mol. The van der Waals surface area contributed by atoms with Crippen LogP contribution in [0.2, 0.25) is 0 Å². The van der Waals surface area contributed by atoms with E-state index >= 15 is 0 Å². The van der Waals surface area contributed by atoms with E-state index in [4.69, 9.17) is 9.15 Å². The van der Waals surface area contributed by atoms with Crippen LogP contribution in [0.4, 0.5) is 13.2 Å². The van der Waals surface area contributed by atoms with E-state index in [2.05, 4.69) is 5.32 Å². The third kappa shape index (κ3) is 5.87. The Balaban J connectivity index is 1.31. The van der Waals surface area contributed by atoms with Gasteiger partial charge in [0.2, 0.25) is 5.91 Å². The van der Waals surface area contributed by atoms with Crippen molar-refractivity contribution in [2.45, 2.75) is 43.1 Å². The Kier molecular flexibility index (Phi) is 7.38. The van der Waals surface area contributed by atoms with Crippen LogP contribution in [0.1, 0.15) is 29.5 Å². The van der Waals surface area contributed by atoms with Crippen LogP contribution in [0.15, 0.2) is 76.4 Å². The number of amides is 1. The number of rotatable bonds is 8. The standard InChI is InChI=1S/C24H23F3N2O4S/c25-24(26,27)19-8-6-17(7-9-19)15-33-20-4-1-3-18(13-20)14-28-23(30)22-5-2-11-29(22)34(31)21-10-12-32-16-21/h1,3-4,6-10,12-13,16,22H,2,5,11,14-15H2,(H,28,30)/t22-,34?/m0/s1. The molecule has 1 aliphatic heterocycles. The Morgan fingerprint density at radius 1 is 1.15 bits per heavy atom. The third-order valence-corrected chi connectivity index (χ3v) is 6.97. The zero-order valence-electron chi connectivity index (χ0n) is 18.1. The largest absolute Gasteiger partial charge is 0.489 e. The highest BCUT2D eigenvalue weighted by molar-refractivity contribution is 7.82. The molecule has 180 valence electrons. The van der Waals surface area contributed by atoms with Crippen LogP contribution in [0.25, 0.3) is 0 Å². The molecule has 10 heteroatoms. The maximum atomic E-state index is 12.8. The molecule has 4 rings (SSSR count). The molecule has 0 aliphatic carbocycles. The number of nitrogens with one attached hydrogen (secondary N) is 1. The number of carbonyl (C=O) groups is 1. The predicted molar refractivity (Wildman–Crippen MR) is 119 cm³/mol. The summed E-state index contributed by atoms with van der Waals surface area (Å²) in [5.74, 6) is 0.334. The summed E-state index contributed by atoms with van der Waals surface area (Å²) in [5, 5.41) is 2.89. The molecule has 1 aromatic heterocycles. The van der Waals surface area contributed by atoms with E-state index in [0.717, 1.165) is 24.1 Å². The molecule has 1 fully saturated rings. The number of hydrogen-bond donors (Lipinski definition) is 1. The van der Waals surface area contributed by atoms with Crippen LogP contribution < -0.4 is 10.1 Å². The lowest BCUT2D eigenvalue weighted by molar-refractivity contribution is -0.137. The third-order valence-electron chi connectivity index (χ3n) is 5.47. The Bertz CT molecular complexity index is 1130. The van der Waals surface area contributed by atoms with Gasteiger partial charge in [0.1, 0.15) is 35.6 Å². The fourth-order valence-electron chi connectivity index (χ4n) is 3.70. The summed E-state index contributed by atoms with van der Waals surface area (Å²) >= 11 is 0. The molecular formula is C24H23F3N2O4S. The van der Waals surface area contributed by atoms with E-state index in [0.29, 0.717) is 29.2 Å². The maximum Gasteiger partial charge on any atom is 0.416 e. The number of carbonyl (C=O) groups excluding carboxylic acids is 1. The number of alkyl halides is 3. The van der Waals surface area contributed by atoms with Gasteiger partial charge in [0.15, 0.2) is 0 Å². The van der Waals surface area contributed by atoms with Crippen LogP contribution in [-0.2, 0) is 35.1 Å². The highest BCUT2D eigenvalue weighted by Crippen LogP contribution is 2.29. The molecule has 2 aromatic carbocycles. The average Bonchev–Trinajstić information content (AvgIpc) is 3.53. The van der Waals surface area contributed by atoms with Crippen molar-refractivity contribution >= 4 is 16.9 Å². The predicted octanol–water partition coefficient (Wildman–Crippen LogP) is 4.68. The SMILES string of the molecule is O=C(NCc1cccc(OCc2ccc(C(F)(F)F)cc2)c1)[C@@H]1CCCN1S(=O)c1ccoc1. The minimum absolute atomic E-state index is 0.116. The van der Waals surface area contributed by atoms with E-state index in [-0.39, 0.29) is 19.1 Å². The summed E-state index contributed by atoms with van der Waals surface area (Å²) in [7, 11) is -1.46. The molecule has 2 atom stereocenters. The van der Waals surface area contributed by atoms with E-state index < -0.39 is 28.8 Å². The molecule has 0 radical (unpaired) electrons. The molecule has 0 spiro atoms. The van der Waals surface area contributed by atoms with Crippen molar-refractivity contribution in [1.29, 1.82) is 0 Å². The van der Waals surface area contributed by atoms with Crippen molar-refractivity contribution in [3.05, 3.63) is 83.8 Å². The van der Waals surface area contributed by atoms with Crippen molar-refractivity contribution in [1.82, 2.24) is 9.62 Å². The minimum atomic E-state index is -4.37. The van der Waals surface area contributed by atoms with Gasteiger partial charge in [-0.3, -0.25) is 4.79 Å². The fourth-order valence-corrected chi connectivity index (χ4v) is 5.00. The van der Waals surface area contributed by atoms with Gasteiger partial charge in [0, 0.05) is 13.1 Å². The molecular weight excluding hydrogens is 469 g/mol. The van der Waals surface area contributed by atoms with Crippen LogP contribution in [0.5, 0.6) is 5.75 Å². The van der Waals surface area contributed by atoms with Crippen molar-refractivity contribution in [3.63, 3.8) is 0 Å². The van der Waals surface area contributed by atoms with E-state index in [1.165, 1.54) is 24.7 Å².